The van der Waals surface area contributed by atoms with Gasteiger partial charge < -0.3 is 14.8 Å². The van der Waals surface area contributed by atoms with Crippen LogP contribution >= 0.6 is 0 Å². The Balaban J connectivity index is 1.71. The smallest absolute Gasteiger partial charge is 0.130 e. The number of morpholine rings is 1. The molecule has 3 heteroatoms. The van der Waals surface area contributed by atoms with Crippen LogP contribution in [0.5, 0.6) is 11.5 Å². The number of nitrogens with one attached hydrogen (secondary N) is 1. The first kappa shape index (κ1) is 13.2. The van der Waals surface area contributed by atoms with Crippen molar-refractivity contribution < 1.29 is 9.47 Å². The second kappa shape index (κ2) is 6.07. The molecule has 104 valence electrons. The molecular formula is C17H19NO2. The van der Waals surface area contributed by atoms with Gasteiger partial charge in [-0.05, 0) is 36.2 Å². The third-order valence-corrected chi connectivity index (χ3v) is 3.50. The van der Waals surface area contributed by atoms with Gasteiger partial charge in [0.05, 0.1) is 12.7 Å². The molecule has 0 spiro atoms. The Bertz CT molecular complexity index is 559. The van der Waals surface area contributed by atoms with Gasteiger partial charge in [0.15, 0.2) is 0 Å². The SMILES string of the molecule is Cc1ccccc1Oc1ccc(C2CNCCO2)cc1. The molecule has 1 atom stereocenters. The maximum atomic E-state index is 5.90. The molecule has 3 nitrogen and oxygen atoms in total. The molecule has 2 aromatic carbocycles. The van der Waals surface area contributed by atoms with Crippen LogP contribution in [0.1, 0.15) is 17.2 Å². The van der Waals surface area contributed by atoms with Crippen molar-refractivity contribution in [1.29, 1.82) is 0 Å². The molecular weight excluding hydrogens is 250 g/mol. The fourth-order valence-corrected chi connectivity index (χ4v) is 2.33. The Labute approximate surface area is 119 Å². The quantitative estimate of drug-likeness (QED) is 0.925. The predicted octanol–water partition coefficient (Wildman–Crippen LogP) is 3.45. The number of benzene rings is 2. The second-order valence-electron chi connectivity index (χ2n) is 5.00. The van der Waals surface area contributed by atoms with E-state index in [0.29, 0.717) is 0 Å². The number of aryl methyl sites for hydroxylation is 1. The van der Waals surface area contributed by atoms with Crippen molar-refractivity contribution in [2.75, 3.05) is 19.7 Å². The highest BCUT2D eigenvalue weighted by Crippen LogP contribution is 2.27. The van der Waals surface area contributed by atoms with Gasteiger partial charge in [0.25, 0.3) is 0 Å². The van der Waals surface area contributed by atoms with E-state index in [1.54, 1.807) is 0 Å². The van der Waals surface area contributed by atoms with Gasteiger partial charge in [-0.3, -0.25) is 0 Å². The Morgan fingerprint density at radius 3 is 2.60 bits per heavy atom. The van der Waals surface area contributed by atoms with E-state index in [1.165, 1.54) is 5.56 Å². The summed E-state index contributed by atoms with van der Waals surface area (Å²) in [5.74, 6) is 1.75. The monoisotopic (exact) mass is 269 g/mol. The molecule has 3 rings (SSSR count). The van der Waals surface area contributed by atoms with Crippen molar-refractivity contribution in [2.24, 2.45) is 0 Å². The zero-order chi connectivity index (χ0) is 13.8. The maximum Gasteiger partial charge on any atom is 0.130 e. The fraction of sp³-hybridized carbons (Fsp3) is 0.294. The molecule has 0 bridgehead atoms. The van der Waals surface area contributed by atoms with E-state index in [-0.39, 0.29) is 6.10 Å². The van der Waals surface area contributed by atoms with Gasteiger partial charge in [-0.15, -0.1) is 0 Å². The molecule has 1 unspecified atom stereocenters. The minimum absolute atomic E-state index is 0.149. The van der Waals surface area contributed by atoms with Crippen LogP contribution in [0.2, 0.25) is 0 Å². The fourth-order valence-electron chi connectivity index (χ4n) is 2.33. The molecule has 20 heavy (non-hydrogen) atoms. The van der Waals surface area contributed by atoms with Crippen LogP contribution in [-0.4, -0.2) is 19.7 Å². The third-order valence-electron chi connectivity index (χ3n) is 3.50. The lowest BCUT2D eigenvalue weighted by atomic mass is 10.1. The topological polar surface area (TPSA) is 30.5 Å². The van der Waals surface area contributed by atoms with Crippen LogP contribution in [0.4, 0.5) is 0 Å². The largest absolute Gasteiger partial charge is 0.457 e. The summed E-state index contributed by atoms with van der Waals surface area (Å²) >= 11 is 0. The zero-order valence-corrected chi connectivity index (χ0v) is 11.6. The molecule has 1 N–H and O–H groups in total. The van der Waals surface area contributed by atoms with Crippen molar-refractivity contribution in [3.63, 3.8) is 0 Å². The minimum Gasteiger partial charge on any atom is -0.457 e. The standard InChI is InChI=1S/C17H19NO2/c1-13-4-2-3-5-16(13)20-15-8-6-14(7-9-15)17-12-18-10-11-19-17/h2-9,17-18H,10-12H2,1H3. The minimum atomic E-state index is 0.149. The molecule has 1 aliphatic rings. The van der Waals surface area contributed by atoms with Crippen LogP contribution in [-0.2, 0) is 4.74 Å². The molecule has 0 radical (unpaired) electrons. The summed E-state index contributed by atoms with van der Waals surface area (Å²) in [6.45, 7) is 4.63. The van der Waals surface area contributed by atoms with E-state index in [1.807, 2.05) is 43.3 Å². The molecule has 1 saturated heterocycles. The van der Waals surface area contributed by atoms with E-state index in [9.17, 15) is 0 Å². The van der Waals surface area contributed by atoms with E-state index >= 15 is 0 Å². The third kappa shape index (κ3) is 3.00. The molecule has 0 aromatic heterocycles. The first-order chi connectivity index (χ1) is 9.83. The first-order valence-corrected chi connectivity index (χ1v) is 6.99. The van der Waals surface area contributed by atoms with Gasteiger partial charge in [-0.25, -0.2) is 0 Å². The summed E-state index contributed by atoms with van der Waals surface area (Å²) in [6, 6.07) is 16.2. The average molecular weight is 269 g/mol. The summed E-state index contributed by atoms with van der Waals surface area (Å²) in [5.41, 5.74) is 2.32. The van der Waals surface area contributed by atoms with Gasteiger partial charge in [-0.1, -0.05) is 30.3 Å². The summed E-state index contributed by atoms with van der Waals surface area (Å²) < 4.78 is 11.6. The Hall–Kier alpha value is -1.84. The zero-order valence-electron chi connectivity index (χ0n) is 11.6. The summed E-state index contributed by atoms with van der Waals surface area (Å²) in [4.78, 5) is 0. The maximum absolute atomic E-state index is 5.90. The van der Waals surface area contributed by atoms with Crippen LogP contribution in [0.25, 0.3) is 0 Å². The van der Waals surface area contributed by atoms with Gasteiger partial charge in [0.2, 0.25) is 0 Å². The van der Waals surface area contributed by atoms with Crippen molar-refractivity contribution >= 4 is 0 Å². The second-order valence-corrected chi connectivity index (χ2v) is 5.00. The molecule has 0 amide bonds. The van der Waals surface area contributed by atoms with Crippen molar-refractivity contribution in [3.8, 4) is 11.5 Å². The molecule has 0 aliphatic carbocycles. The number of hydrogen-bond acceptors (Lipinski definition) is 3. The number of hydrogen-bond donors (Lipinski definition) is 1. The predicted molar refractivity (Wildman–Crippen MR) is 79.3 cm³/mol. The number of para-hydroxylation sites is 1. The number of ether oxygens (including phenoxy) is 2. The summed E-state index contributed by atoms with van der Waals surface area (Å²) in [6.07, 6.45) is 0.149. The highest BCUT2D eigenvalue weighted by atomic mass is 16.5. The van der Waals surface area contributed by atoms with Crippen LogP contribution in [0.15, 0.2) is 48.5 Å². The molecule has 1 aliphatic heterocycles. The van der Waals surface area contributed by atoms with Gasteiger partial charge in [-0.2, -0.15) is 0 Å². The van der Waals surface area contributed by atoms with E-state index in [4.69, 9.17) is 9.47 Å². The number of rotatable bonds is 3. The van der Waals surface area contributed by atoms with E-state index < -0.39 is 0 Å². The van der Waals surface area contributed by atoms with Crippen LogP contribution in [0.3, 0.4) is 0 Å². The highest BCUT2D eigenvalue weighted by Gasteiger charge is 2.15. The Morgan fingerprint density at radius 1 is 1.10 bits per heavy atom. The van der Waals surface area contributed by atoms with Crippen molar-refractivity contribution in [3.05, 3.63) is 59.7 Å². The average Bonchev–Trinajstić information content (AvgIpc) is 2.51. The van der Waals surface area contributed by atoms with E-state index in [2.05, 4.69) is 17.4 Å². The molecule has 2 aromatic rings. The molecule has 1 fully saturated rings. The first-order valence-electron chi connectivity index (χ1n) is 6.99. The van der Waals surface area contributed by atoms with Gasteiger partial charge in [0, 0.05) is 13.1 Å². The van der Waals surface area contributed by atoms with Crippen LogP contribution < -0.4 is 10.1 Å². The van der Waals surface area contributed by atoms with Crippen LogP contribution in [0, 0.1) is 6.92 Å². The normalized spacial score (nSPS) is 18.8. The van der Waals surface area contributed by atoms with Gasteiger partial charge >= 0.3 is 0 Å². The van der Waals surface area contributed by atoms with E-state index in [0.717, 1.165) is 36.8 Å². The lowest BCUT2D eigenvalue weighted by Gasteiger charge is -2.24. The molecule has 0 saturated carbocycles. The summed E-state index contributed by atoms with van der Waals surface area (Å²) in [5, 5.41) is 3.34. The summed E-state index contributed by atoms with van der Waals surface area (Å²) in [7, 11) is 0. The highest BCUT2D eigenvalue weighted by molar-refractivity contribution is 5.38. The Kier molecular flexibility index (Phi) is 4.00. The lowest BCUT2D eigenvalue weighted by molar-refractivity contribution is 0.0277. The van der Waals surface area contributed by atoms with Crippen molar-refractivity contribution in [1.82, 2.24) is 5.32 Å². The Morgan fingerprint density at radius 2 is 1.90 bits per heavy atom. The van der Waals surface area contributed by atoms with Crippen molar-refractivity contribution in [2.45, 2.75) is 13.0 Å². The molecule has 1 heterocycles. The van der Waals surface area contributed by atoms with Gasteiger partial charge in [0.1, 0.15) is 11.5 Å². The lowest BCUT2D eigenvalue weighted by Crippen LogP contribution is -2.33.